The van der Waals surface area contributed by atoms with E-state index in [0.717, 1.165) is 0 Å². The van der Waals surface area contributed by atoms with Crippen molar-refractivity contribution < 1.29 is 38.4 Å². The third-order valence-corrected chi connectivity index (χ3v) is 5.19. The van der Waals surface area contributed by atoms with E-state index < -0.39 is 24.2 Å². The summed E-state index contributed by atoms with van der Waals surface area (Å²) in [5.41, 5.74) is -0.104. The molecule has 0 amide bonds. The molecule has 0 aromatic carbocycles. The van der Waals surface area contributed by atoms with Crippen LogP contribution in [0.2, 0.25) is 0 Å². The Morgan fingerprint density at radius 2 is 2.00 bits per heavy atom. The summed E-state index contributed by atoms with van der Waals surface area (Å²) < 4.78 is 27.5. The maximum Gasteiger partial charge on any atom is 0.508 e. The molecular weight excluding hydrogens is 356 g/mol. The number of hydrogen-bond donors (Lipinski definition) is 1. The molecule has 2 fully saturated rings. The number of esters is 1. The lowest BCUT2D eigenvalue weighted by molar-refractivity contribution is -0.191. The van der Waals surface area contributed by atoms with Gasteiger partial charge < -0.3 is 28.8 Å². The lowest BCUT2D eigenvalue weighted by atomic mass is 9.83. The molecule has 1 saturated carbocycles. The van der Waals surface area contributed by atoms with Crippen molar-refractivity contribution in [3.05, 3.63) is 11.8 Å². The zero-order chi connectivity index (χ0) is 19.8. The molecule has 5 atom stereocenters. The molecule has 0 aromatic heterocycles. The van der Waals surface area contributed by atoms with Gasteiger partial charge in [0.05, 0.1) is 31.5 Å². The van der Waals surface area contributed by atoms with Crippen molar-refractivity contribution in [2.24, 2.45) is 17.8 Å². The molecule has 1 saturated heterocycles. The smallest absolute Gasteiger partial charge is 0.462 e. The monoisotopic (exact) mass is 384 g/mol. The number of hydrogen-bond acceptors (Lipinski definition) is 8. The highest BCUT2D eigenvalue weighted by molar-refractivity contribution is 5.69. The van der Waals surface area contributed by atoms with Gasteiger partial charge in [0.2, 0.25) is 6.29 Å². The molecule has 0 bridgehead atoms. The van der Waals surface area contributed by atoms with Crippen LogP contribution in [0.5, 0.6) is 0 Å². The number of epoxide rings is 1. The fourth-order valence-electron chi connectivity index (χ4n) is 3.97. The quantitative estimate of drug-likeness (QED) is 0.549. The van der Waals surface area contributed by atoms with Crippen molar-refractivity contribution in [1.82, 2.24) is 0 Å². The molecule has 8 nitrogen and oxygen atoms in total. The summed E-state index contributed by atoms with van der Waals surface area (Å²) in [7, 11) is 0. The van der Waals surface area contributed by atoms with Crippen LogP contribution >= 0.6 is 0 Å². The van der Waals surface area contributed by atoms with E-state index in [1.54, 1.807) is 13.8 Å². The maximum atomic E-state index is 12.2. The highest BCUT2D eigenvalue weighted by Crippen LogP contribution is 2.57. The van der Waals surface area contributed by atoms with Crippen LogP contribution in [0.25, 0.3) is 0 Å². The van der Waals surface area contributed by atoms with Crippen molar-refractivity contribution in [2.75, 3.05) is 13.2 Å². The van der Waals surface area contributed by atoms with Gasteiger partial charge in [-0.05, 0) is 31.8 Å². The summed E-state index contributed by atoms with van der Waals surface area (Å²) in [6, 6.07) is 0. The number of aliphatic hydroxyl groups is 1. The number of ether oxygens (including phenoxy) is 5. The van der Waals surface area contributed by atoms with E-state index >= 15 is 0 Å². The fourth-order valence-corrected chi connectivity index (χ4v) is 3.97. The van der Waals surface area contributed by atoms with Crippen LogP contribution in [0.3, 0.4) is 0 Å². The van der Waals surface area contributed by atoms with E-state index in [1.165, 1.54) is 6.26 Å². The Morgan fingerprint density at radius 3 is 2.56 bits per heavy atom. The Balaban J connectivity index is 1.77. The molecule has 3 rings (SSSR count). The molecule has 2 heterocycles. The summed E-state index contributed by atoms with van der Waals surface area (Å²) in [5.74, 6) is -0.705. The molecule has 2 aliphatic heterocycles. The minimum absolute atomic E-state index is 0.164. The van der Waals surface area contributed by atoms with Gasteiger partial charge in [0.1, 0.15) is 11.7 Å². The van der Waals surface area contributed by atoms with Crippen LogP contribution in [0.4, 0.5) is 4.79 Å². The van der Waals surface area contributed by atoms with Crippen LogP contribution in [0, 0.1) is 17.8 Å². The first-order chi connectivity index (χ1) is 12.8. The van der Waals surface area contributed by atoms with Crippen LogP contribution in [-0.2, 0) is 28.5 Å². The first kappa shape index (κ1) is 19.9. The van der Waals surface area contributed by atoms with E-state index in [2.05, 4.69) is 0 Å². The van der Waals surface area contributed by atoms with E-state index in [9.17, 15) is 14.7 Å². The summed E-state index contributed by atoms with van der Waals surface area (Å²) in [4.78, 5) is 24.1. The largest absolute Gasteiger partial charge is 0.508 e. The predicted molar refractivity (Wildman–Crippen MR) is 92.4 cm³/mol. The third-order valence-electron chi connectivity index (χ3n) is 5.19. The summed E-state index contributed by atoms with van der Waals surface area (Å²) in [6.45, 7) is 7.52. The number of carbonyl (C=O) groups is 2. The normalized spacial score (nSPS) is 34.1. The predicted octanol–water partition coefficient (Wildman–Crippen LogP) is 2.14. The van der Waals surface area contributed by atoms with Crippen molar-refractivity contribution in [1.29, 1.82) is 0 Å². The molecule has 3 aliphatic rings. The van der Waals surface area contributed by atoms with Crippen molar-refractivity contribution in [2.45, 2.75) is 64.6 Å². The first-order valence-corrected chi connectivity index (χ1v) is 9.42. The van der Waals surface area contributed by atoms with Gasteiger partial charge in [0, 0.05) is 12.3 Å². The van der Waals surface area contributed by atoms with Gasteiger partial charge in [-0.25, -0.2) is 4.79 Å². The number of carbonyl (C=O) groups excluding carboxylic acids is 2. The Hall–Kier alpha value is -1.80. The first-order valence-electron chi connectivity index (χ1n) is 9.42. The number of aliphatic hydroxyl groups excluding tert-OH is 1. The Morgan fingerprint density at radius 1 is 1.30 bits per heavy atom. The molecule has 1 aliphatic carbocycles. The van der Waals surface area contributed by atoms with E-state index in [-0.39, 0.29) is 42.9 Å². The van der Waals surface area contributed by atoms with Gasteiger partial charge in [-0.3, -0.25) is 4.79 Å². The molecular formula is C19H28O8. The van der Waals surface area contributed by atoms with E-state index in [0.29, 0.717) is 18.6 Å². The summed E-state index contributed by atoms with van der Waals surface area (Å²) in [5, 5.41) is 9.67. The molecule has 27 heavy (non-hydrogen) atoms. The van der Waals surface area contributed by atoms with Crippen molar-refractivity contribution in [3.8, 4) is 0 Å². The average Bonchev–Trinajstić information content (AvgIpc) is 3.27. The SMILES string of the molecule is CC(C)CC(=O)O[C@@H]1OC=C(CO)[C@H]2C[C@H](OC(=O)OC(C)C)[C@]3(CO3)[C@@H]12. The van der Waals surface area contributed by atoms with Gasteiger partial charge >= 0.3 is 12.1 Å². The minimum Gasteiger partial charge on any atom is -0.462 e. The van der Waals surface area contributed by atoms with E-state index in [1.807, 2.05) is 13.8 Å². The highest BCUT2D eigenvalue weighted by Gasteiger charge is 2.71. The van der Waals surface area contributed by atoms with Crippen LogP contribution < -0.4 is 0 Å². The standard InChI is InChI=1S/C19H28O8/c1-10(2)5-15(21)27-17-16-13(12(7-20)8-23-17)6-14(19(16)9-24-19)26-18(22)25-11(3)4/h8,10-11,13-14,16-17,20H,5-7,9H2,1-4H3/t13-,14+,16-,17+,19-/m1/s1. The summed E-state index contributed by atoms with van der Waals surface area (Å²) >= 11 is 0. The molecule has 152 valence electrons. The van der Waals surface area contributed by atoms with Crippen LogP contribution in [0.15, 0.2) is 11.8 Å². The lowest BCUT2D eigenvalue weighted by Gasteiger charge is -2.34. The van der Waals surface area contributed by atoms with Gasteiger partial charge in [-0.2, -0.15) is 0 Å². The molecule has 0 aromatic rings. The molecule has 0 unspecified atom stereocenters. The highest BCUT2D eigenvalue weighted by atomic mass is 16.7. The second-order valence-corrected chi connectivity index (χ2v) is 8.08. The van der Waals surface area contributed by atoms with Crippen molar-refractivity contribution in [3.63, 3.8) is 0 Å². The third kappa shape index (κ3) is 4.06. The summed E-state index contributed by atoms with van der Waals surface area (Å²) in [6.07, 6.45) is -0.269. The minimum atomic E-state index is -0.839. The number of fused-ring (bicyclic) bond motifs is 2. The van der Waals surface area contributed by atoms with Crippen molar-refractivity contribution >= 4 is 12.1 Å². The second-order valence-electron chi connectivity index (χ2n) is 8.08. The fraction of sp³-hybridized carbons (Fsp3) is 0.789. The van der Waals surface area contributed by atoms with Gasteiger partial charge in [-0.1, -0.05) is 13.8 Å². The maximum absolute atomic E-state index is 12.2. The zero-order valence-electron chi connectivity index (χ0n) is 16.2. The van der Waals surface area contributed by atoms with Crippen LogP contribution in [0.1, 0.15) is 40.5 Å². The second kappa shape index (κ2) is 7.67. The Labute approximate surface area is 158 Å². The molecule has 0 radical (unpaired) electrons. The van der Waals surface area contributed by atoms with Gasteiger partial charge in [0.15, 0.2) is 0 Å². The van der Waals surface area contributed by atoms with Gasteiger partial charge in [0.25, 0.3) is 0 Å². The zero-order valence-corrected chi connectivity index (χ0v) is 16.2. The average molecular weight is 384 g/mol. The Kier molecular flexibility index (Phi) is 5.67. The Bertz CT molecular complexity index is 607. The molecule has 1 N–H and O–H groups in total. The lowest BCUT2D eigenvalue weighted by Crippen LogP contribution is -2.45. The van der Waals surface area contributed by atoms with Gasteiger partial charge in [-0.15, -0.1) is 0 Å². The molecule has 8 heteroatoms. The van der Waals surface area contributed by atoms with Crippen LogP contribution in [-0.4, -0.2) is 54.5 Å². The van der Waals surface area contributed by atoms with E-state index in [4.69, 9.17) is 23.7 Å². The molecule has 1 spiro atoms. The number of rotatable bonds is 6. The topological polar surface area (TPSA) is 104 Å².